The highest BCUT2D eigenvalue weighted by Crippen LogP contribution is 2.29. The molecule has 1 saturated heterocycles. The van der Waals surface area contributed by atoms with E-state index >= 15 is 0 Å². The molecule has 3 aromatic carbocycles. The molecule has 170 valence electrons. The Balaban J connectivity index is 1.21. The molecule has 33 heavy (non-hydrogen) atoms. The smallest absolute Gasteiger partial charge is 0.301 e. The summed E-state index contributed by atoms with van der Waals surface area (Å²) in [7, 11) is 1.86. The van der Waals surface area contributed by atoms with E-state index in [2.05, 4.69) is 70.5 Å². The van der Waals surface area contributed by atoms with Gasteiger partial charge in [-0.1, -0.05) is 72.8 Å². The van der Waals surface area contributed by atoms with E-state index in [1.807, 2.05) is 35.9 Å². The van der Waals surface area contributed by atoms with Crippen LogP contribution in [0.5, 0.6) is 0 Å². The molecule has 5 heteroatoms. The van der Waals surface area contributed by atoms with E-state index in [-0.39, 0.29) is 5.69 Å². The van der Waals surface area contributed by atoms with Gasteiger partial charge in [-0.15, -0.1) is 0 Å². The zero-order valence-electron chi connectivity index (χ0n) is 19.3. The van der Waals surface area contributed by atoms with Gasteiger partial charge >= 0.3 is 5.69 Å². The number of rotatable bonds is 7. The number of nitrogens with zero attached hydrogens (tertiary/aromatic N) is 4. The standard InChI is InChI=1S/C28H32N4O/c1-29-25-15-8-9-16-26(25)32(28(29)33)18-10-17-30-19-21-31(22-20-30)27(23-11-4-2-5-12-23)24-13-6-3-7-14-24/h2-9,11-16,27H,10,17-22H2,1H3. The van der Waals surface area contributed by atoms with Gasteiger partial charge in [0.2, 0.25) is 0 Å². The first-order valence-electron chi connectivity index (χ1n) is 11.9. The number of piperazine rings is 1. The Hall–Kier alpha value is -3.15. The second-order valence-electron chi connectivity index (χ2n) is 8.94. The summed E-state index contributed by atoms with van der Waals surface area (Å²) in [5, 5.41) is 0. The van der Waals surface area contributed by atoms with Gasteiger partial charge in [-0.3, -0.25) is 14.0 Å². The van der Waals surface area contributed by atoms with Crippen LogP contribution in [0.15, 0.2) is 89.7 Å². The van der Waals surface area contributed by atoms with Crippen LogP contribution in [0.25, 0.3) is 11.0 Å². The first kappa shape index (κ1) is 21.7. The Morgan fingerprint density at radius 3 is 1.85 bits per heavy atom. The van der Waals surface area contributed by atoms with Gasteiger partial charge in [-0.05, 0) is 36.2 Å². The molecule has 0 spiro atoms. The molecule has 2 heterocycles. The number of para-hydroxylation sites is 2. The maximum atomic E-state index is 12.7. The molecule has 1 aliphatic rings. The van der Waals surface area contributed by atoms with Crippen LogP contribution < -0.4 is 5.69 Å². The van der Waals surface area contributed by atoms with Crippen molar-refractivity contribution in [2.45, 2.75) is 19.0 Å². The van der Waals surface area contributed by atoms with Crippen molar-refractivity contribution in [1.29, 1.82) is 0 Å². The lowest BCUT2D eigenvalue weighted by molar-refractivity contribution is 0.108. The lowest BCUT2D eigenvalue weighted by Crippen LogP contribution is -2.48. The van der Waals surface area contributed by atoms with Crippen LogP contribution in [0, 0.1) is 0 Å². The quantitative estimate of drug-likeness (QED) is 0.433. The third-order valence-corrected chi connectivity index (χ3v) is 6.91. The molecule has 0 saturated carbocycles. The second-order valence-corrected chi connectivity index (χ2v) is 8.94. The number of hydrogen-bond acceptors (Lipinski definition) is 3. The molecular formula is C28H32N4O. The molecular weight excluding hydrogens is 408 g/mol. The van der Waals surface area contributed by atoms with E-state index in [1.165, 1.54) is 11.1 Å². The average molecular weight is 441 g/mol. The summed E-state index contributed by atoms with van der Waals surface area (Å²) >= 11 is 0. The predicted molar refractivity (Wildman–Crippen MR) is 135 cm³/mol. The summed E-state index contributed by atoms with van der Waals surface area (Å²) in [4.78, 5) is 17.8. The number of hydrogen-bond donors (Lipinski definition) is 0. The molecule has 0 N–H and O–H groups in total. The highest BCUT2D eigenvalue weighted by molar-refractivity contribution is 5.75. The van der Waals surface area contributed by atoms with Gasteiger partial charge in [0.25, 0.3) is 0 Å². The first-order valence-corrected chi connectivity index (χ1v) is 11.9. The topological polar surface area (TPSA) is 33.4 Å². The fourth-order valence-electron chi connectivity index (χ4n) is 5.16. The number of imidazole rings is 1. The highest BCUT2D eigenvalue weighted by atomic mass is 16.1. The molecule has 4 aromatic rings. The van der Waals surface area contributed by atoms with Gasteiger partial charge in [0, 0.05) is 39.8 Å². The zero-order chi connectivity index (χ0) is 22.6. The first-order chi connectivity index (χ1) is 16.2. The van der Waals surface area contributed by atoms with Crippen molar-refractivity contribution in [3.05, 3.63) is 107 Å². The number of benzene rings is 3. The predicted octanol–water partition coefficient (Wildman–Crippen LogP) is 4.14. The van der Waals surface area contributed by atoms with Crippen molar-refractivity contribution in [3.8, 4) is 0 Å². The molecule has 0 bridgehead atoms. The number of fused-ring (bicyclic) bond motifs is 1. The van der Waals surface area contributed by atoms with Gasteiger partial charge in [0.15, 0.2) is 0 Å². The zero-order valence-corrected chi connectivity index (χ0v) is 19.3. The minimum Gasteiger partial charge on any atom is -0.301 e. The van der Waals surface area contributed by atoms with Gasteiger partial charge in [-0.25, -0.2) is 4.79 Å². The van der Waals surface area contributed by atoms with E-state index in [0.29, 0.717) is 6.04 Å². The Kier molecular flexibility index (Phi) is 6.42. The van der Waals surface area contributed by atoms with Crippen LogP contribution >= 0.6 is 0 Å². The largest absolute Gasteiger partial charge is 0.328 e. The van der Waals surface area contributed by atoms with E-state index in [9.17, 15) is 4.79 Å². The van der Waals surface area contributed by atoms with Gasteiger partial charge < -0.3 is 4.90 Å². The Morgan fingerprint density at radius 1 is 0.697 bits per heavy atom. The molecule has 0 aliphatic carbocycles. The van der Waals surface area contributed by atoms with Crippen molar-refractivity contribution in [3.63, 3.8) is 0 Å². The minimum absolute atomic E-state index is 0.0783. The van der Waals surface area contributed by atoms with E-state index in [0.717, 1.165) is 56.7 Å². The van der Waals surface area contributed by atoms with Crippen LogP contribution in [0.2, 0.25) is 0 Å². The molecule has 5 rings (SSSR count). The van der Waals surface area contributed by atoms with Crippen LogP contribution in [0.3, 0.4) is 0 Å². The summed E-state index contributed by atoms with van der Waals surface area (Å²) in [6.07, 6.45) is 0.981. The molecule has 0 atom stereocenters. The van der Waals surface area contributed by atoms with Crippen molar-refractivity contribution in [1.82, 2.24) is 18.9 Å². The maximum Gasteiger partial charge on any atom is 0.328 e. The number of aryl methyl sites for hydroxylation is 2. The third-order valence-electron chi connectivity index (χ3n) is 6.91. The Labute approximate surface area is 195 Å². The lowest BCUT2D eigenvalue weighted by atomic mass is 9.96. The molecule has 1 fully saturated rings. The van der Waals surface area contributed by atoms with Crippen LogP contribution in [-0.4, -0.2) is 51.7 Å². The average Bonchev–Trinajstić information content (AvgIpc) is 3.11. The molecule has 0 radical (unpaired) electrons. The van der Waals surface area contributed by atoms with Crippen molar-refractivity contribution in [2.75, 3.05) is 32.7 Å². The van der Waals surface area contributed by atoms with E-state index in [4.69, 9.17) is 0 Å². The molecule has 5 nitrogen and oxygen atoms in total. The lowest BCUT2D eigenvalue weighted by Gasteiger charge is -2.39. The summed E-state index contributed by atoms with van der Waals surface area (Å²) in [6, 6.07) is 30.0. The number of aromatic nitrogens is 2. The second kappa shape index (κ2) is 9.77. The van der Waals surface area contributed by atoms with Crippen LogP contribution in [0.1, 0.15) is 23.6 Å². The maximum absolute atomic E-state index is 12.7. The Bertz CT molecular complexity index is 1200. The van der Waals surface area contributed by atoms with E-state index in [1.54, 1.807) is 4.57 Å². The fraction of sp³-hybridized carbons (Fsp3) is 0.321. The van der Waals surface area contributed by atoms with Crippen molar-refractivity contribution in [2.24, 2.45) is 7.05 Å². The minimum atomic E-state index is 0.0783. The third kappa shape index (κ3) is 4.52. The summed E-state index contributed by atoms with van der Waals surface area (Å²) < 4.78 is 3.67. The molecule has 1 aromatic heterocycles. The van der Waals surface area contributed by atoms with Gasteiger partial charge in [0.05, 0.1) is 17.1 Å². The van der Waals surface area contributed by atoms with Crippen molar-refractivity contribution >= 4 is 11.0 Å². The van der Waals surface area contributed by atoms with Crippen molar-refractivity contribution < 1.29 is 0 Å². The van der Waals surface area contributed by atoms with Gasteiger partial charge in [-0.2, -0.15) is 0 Å². The fourth-order valence-corrected chi connectivity index (χ4v) is 5.16. The molecule has 1 aliphatic heterocycles. The normalized spacial score (nSPS) is 15.5. The summed E-state index contributed by atoms with van der Waals surface area (Å²) in [5.74, 6) is 0. The highest BCUT2D eigenvalue weighted by Gasteiger charge is 2.26. The van der Waals surface area contributed by atoms with E-state index < -0.39 is 0 Å². The summed E-state index contributed by atoms with van der Waals surface area (Å²) in [5.41, 5.74) is 4.82. The molecule has 0 amide bonds. The van der Waals surface area contributed by atoms with Crippen LogP contribution in [-0.2, 0) is 13.6 Å². The van der Waals surface area contributed by atoms with Gasteiger partial charge in [0.1, 0.15) is 0 Å². The van der Waals surface area contributed by atoms with Crippen LogP contribution in [0.4, 0.5) is 0 Å². The summed E-state index contributed by atoms with van der Waals surface area (Å²) in [6.45, 7) is 5.98. The SMILES string of the molecule is Cn1c(=O)n(CCCN2CCN(C(c3ccccc3)c3ccccc3)CC2)c2ccccc21. The molecule has 0 unspecified atom stereocenters. The monoisotopic (exact) mass is 440 g/mol. The Morgan fingerprint density at radius 2 is 1.24 bits per heavy atom.